The predicted octanol–water partition coefficient (Wildman–Crippen LogP) is 24.3. The number of hydrogen-bond donors (Lipinski definition) is 2. The van der Waals surface area contributed by atoms with Crippen LogP contribution in [-0.2, 0) is 9.59 Å². The first-order valence-corrected chi connectivity index (χ1v) is 37.9. The Balaban J connectivity index is -0.000000346. The topological polar surface area (TPSA) is 66.4 Å². The number of aliphatic hydroxyl groups is 1. The molecule has 4 nitrogen and oxygen atoms in total. The monoisotopic (exact) mass is 1430 g/mol. The number of halogens is 4. The second-order valence-corrected chi connectivity index (χ2v) is 46.7. The van der Waals surface area contributed by atoms with Crippen molar-refractivity contribution >= 4 is 63.9 Å². The van der Waals surface area contributed by atoms with Gasteiger partial charge in [0.15, 0.2) is 17.4 Å². The number of aliphatic hydroxyl groups excluding tert-OH is 1. The van der Waals surface area contributed by atoms with Crippen LogP contribution in [0.3, 0.4) is 0 Å². The predicted molar refractivity (Wildman–Crippen MR) is 436 cm³/mol. The largest absolute Gasteiger partial charge is 1.00 e. The summed E-state index contributed by atoms with van der Waals surface area (Å²) in [4.78, 5) is 23.3. The SMILES string of the molecule is C=CC1(C)CC(C)(C)CC(C)(C)C1.C=CC1(C)CC(C)(C)CC(C)(C)C1.C=CC1(C)CC(C)(C)CC(C)(C)C1.C=CC1(NC(=O)C(Cl)(Cl)Cl)CC(C)(C)CC(C)(C)C1.CC1(C)CC(=CCO)CC(C)(C)C1.CC1(C)CC(=O)CC(C)(C)C1.CC=C1CC(C)(C)CC(C)(C)C1.F.[3HH].[AlH3].[H-].[Li+]. The fourth-order valence-electron chi connectivity index (χ4n) is 23.7. The third-order valence-electron chi connectivity index (χ3n) is 21.0. The van der Waals surface area contributed by atoms with Crippen molar-refractivity contribution in [2.75, 3.05) is 6.61 Å². The van der Waals surface area contributed by atoms with Crippen molar-refractivity contribution in [1.29, 1.82) is 0 Å². The van der Waals surface area contributed by atoms with Crippen LogP contribution in [0.15, 0.2) is 73.9 Å². The Morgan fingerprint density at radius 2 is 0.608 bits per heavy atom. The van der Waals surface area contributed by atoms with Crippen molar-refractivity contribution < 1.29 is 41.1 Å². The molecule has 0 aromatic carbocycles. The Bertz CT molecular complexity index is 2390. The summed E-state index contributed by atoms with van der Waals surface area (Å²) in [6.45, 7) is 90.2. The summed E-state index contributed by atoms with van der Waals surface area (Å²) in [6.07, 6.45) is 37.2. The quantitative estimate of drug-likeness (QED) is 0.158. The standard InChI is InChI=1S/C14H22Cl3NO.3C13H24.C12H22O.C12H22.C10H18O.Al.FH.Li.H2.4H/c1-6-13(18-10(19)14(15,16)17)8-11(2,3)7-12(4,5)9-13;3*1-7-13(6)9-11(2,3)8-12(4,5)10-13;1-11(2)7-10(5-6-13)8-12(3,4)9-11;1-6-10-7-11(2,3)9-12(4,5)8-10;1-9(2)5-8(11)6-10(3,4)7-9;;;;;;;;/h6H,1,7-9H2,2-5H3,(H,18,19);3*7H,1,8-10H2,2-6H3;5,13H,6-9H2,1-4H3;6H,7-9H2,1-5H3;5-7H2,1-4H3;;1H;;1H;;;;/q;;;;;;;;;+1;;;;;-1/i;;;;;;;;;;1+2;;;;. The Kier molecular flexibility index (Phi) is 37.0. The average molecular weight is 1430 g/mol. The molecule has 0 aromatic heterocycles. The van der Waals surface area contributed by atoms with E-state index < -0.39 is 15.2 Å². The van der Waals surface area contributed by atoms with Crippen LogP contribution in [-0.4, -0.2) is 50.1 Å². The van der Waals surface area contributed by atoms with Gasteiger partial charge in [-0.15, -0.1) is 26.3 Å². The number of carbonyl (C=O) groups excluding carboxylic acids is 2. The molecular weight excluding hydrogens is 1270 g/mol. The maximum atomic E-state index is 12.0. The van der Waals surface area contributed by atoms with E-state index in [4.69, 9.17) is 39.9 Å². The second-order valence-electron chi connectivity index (χ2n) is 44.4. The minimum absolute atomic E-state index is 0. The molecule has 7 aliphatic carbocycles. The summed E-state index contributed by atoms with van der Waals surface area (Å²) >= 11 is 16.9. The van der Waals surface area contributed by atoms with Crippen molar-refractivity contribution in [2.45, 2.75) is 366 Å². The molecule has 1 amide bonds. The van der Waals surface area contributed by atoms with Crippen molar-refractivity contribution in [3.8, 4) is 0 Å². The molecule has 7 rings (SSSR count). The number of amides is 1. The first-order valence-electron chi connectivity index (χ1n) is 36.7. The Morgan fingerprint density at radius 3 is 0.794 bits per heavy atom. The zero-order valence-electron chi connectivity index (χ0n) is 70.7. The first kappa shape index (κ1) is 101. The summed E-state index contributed by atoms with van der Waals surface area (Å²) in [6, 6.07) is 0. The molecule has 0 atom stereocenters. The molecule has 7 fully saturated rings. The first-order chi connectivity index (χ1) is 41.4. The zero-order valence-corrected chi connectivity index (χ0v) is 71.9. The summed E-state index contributed by atoms with van der Waals surface area (Å²) in [5, 5.41) is 11.8. The van der Waals surface area contributed by atoms with Crippen LogP contribution >= 0.6 is 34.8 Å². The van der Waals surface area contributed by atoms with E-state index >= 15 is 0 Å². The zero-order chi connectivity index (χ0) is 74.3. The number of carbonyl (C=O) groups is 2. The van der Waals surface area contributed by atoms with E-state index in [-0.39, 0.29) is 72.0 Å². The molecule has 7 aliphatic rings. The molecule has 2 N–H and O–H groups in total. The molecule has 0 bridgehead atoms. The molecule has 566 valence electrons. The Labute approximate surface area is 643 Å². The average Bonchev–Trinajstić information content (AvgIpc) is 0.783. The van der Waals surface area contributed by atoms with Gasteiger partial charge in [0.05, 0.1) is 12.1 Å². The maximum Gasteiger partial charge on any atom is 1.00 e. The van der Waals surface area contributed by atoms with E-state index in [1.165, 1.54) is 95.5 Å². The van der Waals surface area contributed by atoms with E-state index in [1.807, 2.05) is 6.08 Å². The summed E-state index contributed by atoms with van der Waals surface area (Å²) in [7, 11) is 0. The third kappa shape index (κ3) is 38.4. The molecule has 7 saturated carbocycles. The van der Waals surface area contributed by atoms with Gasteiger partial charge in [0.25, 0.3) is 9.70 Å². The number of Topliss-reactive ketones (excluding diaryl/α,β-unsaturated/α-hetero) is 1. The van der Waals surface area contributed by atoms with Crippen LogP contribution < -0.4 is 24.2 Å². The second kappa shape index (κ2) is 35.7. The van der Waals surface area contributed by atoms with Crippen molar-refractivity contribution in [2.24, 2.45) is 92.1 Å². The van der Waals surface area contributed by atoms with Gasteiger partial charge in [-0.05, 0) is 221 Å². The molecule has 97 heavy (non-hydrogen) atoms. The van der Waals surface area contributed by atoms with Crippen LogP contribution in [0.1, 0.15) is 359 Å². The van der Waals surface area contributed by atoms with Crippen molar-refractivity contribution in [1.82, 2.24) is 5.32 Å². The van der Waals surface area contributed by atoms with Crippen LogP contribution in [0.5, 0.6) is 0 Å². The number of allylic oxidation sites excluding steroid dienone is 6. The van der Waals surface area contributed by atoms with Gasteiger partial charge in [0.2, 0.25) is 0 Å². The smallest absolute Gasteiger partial charge is 1.00 e. The number of alkyl halides is 3. The van der Waals surface area contributed by atoms with E-state index in [2.05, 4.69) is 277 Å². The molecule has 0 radical (unpaired) electrons. The molecule has 0 heterocycles. The number of ketones is 1. The van der Waals surface area contributed by atoms with Crippen LogP contribution in [0, 0.1) is 92.1 Å². The Morgan fingerprint density at radius 1 is 0.402 bits per heavy atom. The van der Waals surface area contributed by atoms with Gasteiger partial charge in [-0.25, -0.2) is 0 Å². The fraction of sp³-hybridized carbons (Fsp3) is 0.839. The number of nitrogens with one attached hydrogen (secondary N) is 1. The van der Waals surface area contributed by atoms with Crippen LogP contribution in [0.4, 0.5) is 4.70 Å². The van der Waals surface area contributed by atoms with Crippen LogP contribution in [0.2, 0.25) is 0 Å². The molecule has 0 spiro atoms. The van der Waals surface area contributed by atoms with E-state index in [0.717, 1.165) is 44.9 Å². The van der Waals surface area contributed by atoms with E-state index in [0.29, 0.717) is 76.2 Å². The van der Waals surface area contributed by atoms with Crippen molar-refractivity contribution in [3.63, 3.8) is 0 Å². The maximum absolute atomic E-state index is 12.0. The molecule has 0 saturated heterocycles. The minimum Gasteiger partial charge on any atom is -1.00 e. The molecule has 0 unspecified atom stereocenters. The van der Waals surface area contributed by atoms with Gasteiger partial charge >= 0.3 is 18.9 Å². The fourth-order valence-corrected chi connectivity index (χ4v) is 23.8. The molecule has 10 heteroatoms. The minimum atomic E-state index is -1.94. The molecular formula is C87H163AlCl3FLiNO3. The summed E-state index contributed by atoms with van der Waals surface area (Å²) < 4.78 is -1.94. The van der Waals surface area contributed by atoms with E-state index in [1.54, 1.807) is 11.6 Å². The van der Waals surface area contributed by atoms with Gasteiger partial charge in [-0.3, -0.25) is 14.3 Å². The molecule has 0 aromatic rings. The summed E-state index contributed by atoms with van der Waals surface area (Å²) in [5.74, 6) is -0.155. The number of rotatable bonds is 6. The van der Waals surface area contributed by atoms with Gasteiger partial charge in [0.1, 0.15) is 5.78 Å². The van der Waals surface area contributed by atoms with Gasteiger partial charge in [-0.1, -0.05) is 297 Å². The number of hydrogen-bond acceptors (Lipinski definition) is 3. The van der Waals surface area contributed by atoms with Crippen LogP contribution in [0.25, 0.3) is 0 Å². The summed E-state index contributed by atoms with van der Waals surface area (Å²) in [5.41, 5.74) is 8.98. The van der Waals surface area contributed by atoms with Crippen molar-refractivity contribution in [3.05, 3.63) is 73.9 Å². The van der Waals surface area contributed by atoms with Gasteiger partial charge in [-0.2, -0.15) is 0 Å². The van der Waals surface area contributed by atoms with Gasteiger partial charge < -0.3 is 11.8 Å². The molecule has 0 aliphatic heterocycles. The van der Waals surface area contributed by atoms with Gasteiger partial charge in [0, 0.05) is 14.3 Å². The Hall–Kier alpha value is -0.530. The van der Waals surface area contributed by atoms with E-state index in [9.17, 15) is 9.59 Å². The third-order valence-corrected chi connectivity index (χ3v) is 21.5. The normalized spacial score (nSPS) is 26.7.